The Bertz CT molecular complexity index is 1010. The van der Waals surface area contributed by atoms with Crippen LogP contribution in [0.15, 0.2) is 27.9 Å². The van der Waals surface area contributed by atoms with Crippen molar-refractivity contribution in [2.24, 2.45) is 11.8 Å². The lowest BCUT2D eigenvalue weighted by Crippen LogP contribution is -2.49. The Balaban J connectivity index is 2.19. The molecule has 0 saturated carbocycles. The van der Waals surface area contributed by atoms with E-state index >= 15 is 0 Å². The number of H-pyrrole nitrogens is 1. The molecule has 0 spiro atoms. The Kier molecular flexibility index (Phi) is 8.40. The molecule has 1 aromatic rings. The molecule has 1 aliphatic rings. The molecule has 194 valence electrons. The zero-order chi connectivity index (χ0) is 26.3. The summed E-state index contributed by atoms with van der Waals surface area (Å²) in [6.07, 6.45) is 4.38. The topological polar surface area (TPSA) is 82.5 Å². The molecule has 1 aromatic heterocycles. The minimum atomic E-state index is -2.33. The maximum atomic E-state index is 12.6. The average Bonchev–Trinajstić information content (AvgIpc) is 3.16. The van der Waals surface area contributed by atoms with Crippen LogP contribution in [0, 0.1) is 11.8 Å². The molecule has 2 atom stereocenters. The highest BCUT2D eigenvalue weighted by molar-refractivity contribution is 6.75. The molecule has 0 saturated heterocycles. The van der Waals surface area contributed by atoms with Gasteiger partial charge in [-0.05, 0) is 54.2 Å². The first kappa shape index (κ1) is 28.8. The molecule has 1 N–H and O–H groups in total. The van der Waals surface area contributed by atoms with E-state index in [0.29, 0.717) is 18.4 Å². The van der Waals surface area contributed by atoms with Crippen molar-refractivity contribution in [1.82, 2.24) is 9.55 Å². The molecule has 1 aliphatic heterocycles. The van der Waals surface area contributed by atoms with Gasteiger partial charge in [-0.15, -0.1) is 0 Å². The Morgan fingerprint density at radius 1 is 0.971 bits per heavy atom. The second kappa shape index (κ2) is 9.91. The fourth-order valence-electron chi connectivity index (χ4n) is 3.74. The minimum Gasteiger partial charge on any atom is -0.539 e. The summed E-state index contributed by atoms with van der Waals surface area (Å²) in [5, 5.41) is 0.0321. The number of nitrogens with one attached hydrogen (secondary N) is 1. The maximum absolute atomic E-state index is 12.6. The fraction of sp³-hybridized carbons (Fsp3) is 0.760. The number of aromatic nitrogens is 2. The number of ether oxygens (including phenoxy) is 1. The summed E-state index contributed by atoms with van der Waals surface area (Å²) in [5.41, 5.74) is -1.03. The fourth-order valence-corrected chi connectivity index (χ4v) is 8.44. The van der Waals surface area contributed by atoms with E-state index in [0.717, 1.165) is 0 Å². The summed E-state index contributed by atoms with van der Waals surface area (Å²) in [5.74, 6) is 1.05. The first-order chi connectivity index (χ1) is 15.3. The molecule has 0 unspecified atom stereocenters. The van der Waals surface area contributed by atoms with E-state index in [9.17, 15) is 9.59 Å². The van der Waals surface area contributed by atoms with Crippen LogP contribution in [0.25, 0.3) is 0 Å². The molecule has 0 aromatic carbocycles. The van der Waals surface area contributed by atoms with Gasteiger partial charge in [-0.1, -0.05) is 61.5 Å². The van der Waals surface area contributed by atoms with E-state index in [1.807, 2.05) is 12.2 Å². The van der Waals surface area contributed by atoms with Gasteiger partial charge >= 0.3 is 5.69 Å². The van der Waals surface area contributed by atoms with Gasteiger partial charge in [-0.25, -0.2) is 4.79 Å². The lowest BCUT2D eigenvalue weighted by atomic mass is 9.99. The molecule has 7 nitrogen and oxygen atoms in total. The molecule has 0 aliphatic carbocycles. The zero-order valence-corrected chi connectivity index (χ0v) is 25.2. The third-order valence-corrected chi connectivity index (χ3v) is 18.0. The Morgan fingerprint density at radius 2 is 1.50 bits per heavy atom. The van der Waals surface area contributed by atoms with Crippen LogP contribution < -0.4 is 15.7 Å². The molecule has 2 rings (SSSR count). The van der Waals surface area contributed by atoms with E-state index in [2.05, 4.69) is 86.6 Å². The molecule has 0 amide bonds. The monoisotopic (exact) mass is 510 g/mol. The van der Waals surface area contributed by atoms with Gasteiger partial charge in [0.25, 0.3) is 13.9 Å². The van der Waals surface area contributed by atoms with E-state index in [1.54, 1.807) is 0 Å². The Hall–Kier alpha value is -1.43. The lowest BCUT2D eigenvalue weighted by Gasteiger charge is -2.42. The van der Waals surface area contributed by atoms with Gasteiger partial charge in [0, 0.05) is 0 Å². The normalized spacial score (nSPS) is 19.9. The van der Waals surface area contributed by atoms with Crippen LogP contribution in [0.5, 0.6) is 5.75 Å². The Morgan fingerprint density at radius 3 is 2.03 bits per heavy atom. The third kappa shape index (κ3) is 5.69. The molecule has 9 heteroatoms. The van der Waals surface area contributed by atoms with E-state index < -0.39 is 34.1 Å². The van der Waals surface area contributed by atoms with Crippen LogP contribution in [-0.4, -0.2) is 38.9 Å². The van der Waals surface area contributed by atoms with Crippen LogP contribution >= 0.6 is 0 Å². The molecule has 0 bridgehead atoms. The van der Waals surface area contributed by atoms with Gasteiger partial charge in [-0.3, -0.25) is 14.3 Å². The highest BCUT2D eigenvalue weighted by atomic mass is 28.4. The van der Waals surface area contributed by atoms with Gasteiger partial charge in [0.05, 0.1) is 12.8 Å². The van der Waals surface area contributed by atoms with E-state index in [4.69, 9.17) is 13.6 Å². The van der Waals surface area contributed by atoms with Crippen LogP contribution in [-0.2, 0) is 9.16 Å². The molecule has 0 fully saturated rings. The molecule has 0 radical (unpaired) electrons. The van der Waals surface area contributed by atoms with E-state index in [1.165, 1.54) is 10.8 Å². The number of aromatic amines is 1. The van der Waals surface area contributed by atoms with Gasteiger partial charge in [0.15, 0.2) is 20.3 Å². The SMILES string of the molecule is CC(C)C(C)(C)[Si](C)(C)OC[C@@H]1C=C[C@H](n2cc(O[Si](C)(C)C(C)(C)C(C)C)c(=O)[nH]c2=O)O1. The minimum absolute atomic E-state index is 0.0763. The number of hydrogen-bond donors (Lipinski definition) is 1. The largest absolute Gasteiger partial charge is 0.539 e. The molecular weight excluding hydrogens is 464 g/mol. The first-order valence-corrected chi connectivity index (χ1v) is 18.2. The third-order valence-electron chi connectivity index (χ3n) is 8.98. The number of nitrogens with zero attached hydrogens (tertiary/aromatic N) is 1. The molecular formula is C25H46N2O5Si2. The Labute approximate surface area is 207 Å². The molecule has 34 heavy (non-hydrogen) atoms. The summed E-state index contributed by atoms with van der Waals surface area (Å²) in [4.78, 5) is 27.6. The highest BCUT2D eigenvalue weighted by Gasteiger charge is 2.46. The van der Waals surface area contributed by atoms with Gasteiger partial charge < -0.3 is 13.6 Å². The second-order valence-electron chi connectivity index (χ2n) is 12.3. The highest BCUT2D eigenvalue weighted by Crippen LogP contribution is 2.45. The zero-order valence-electron chi connectivity index (χ0n) is 23.2. The predicted octanol–water partition coefficient (Wildman–Crippen LogP) is 5.67. The van der Waals surface area contributed by atoms with Crippen molar-refractivity contribution in [3.8, 4) is 5.75 Å². The van der Waals surface area contributed by atoms with Gasteiger partial charge in [-0.2, -0.15) is 0 Å². The van der Waals surface area contributed by atoms with Gasteiger partial charge in [0.1, 0.15) is 6.10 Å². The lowest BCUT2D eigenvalue weighted by molar-refractivity contribution is -0.00844. The van der Waals surface area contributed by atoms with Crippen molar-refractivity contribution >= 4 is 16.6 Å². The quantitative estimate of drug-likeness (QED) is 0.324. The molecule has 2 heterocycles. The number of hydrogen-bond acceptors (Lipinski definition) is 5. The van der Waals surface area contributed by atoms with Crippen molar-refractivity contribution in [2.45, 2.75) is 104 Å². The van der Waals surface area contributed by atoms with Crippen LogP contribution in [0.4, 0.5) is 0 Å². The van der Waals surface area contributed by atoms with Crippen LogP contribution in [0.1, 0.15) is 61.6 Å². The maximum Gasteiger partial charge on any atom is 0.330 e. The van der Waals surface area contributed by atoms with E-state index in [-0.39, 0.29) is 21.9 Å². The van der Waals surface area contributed by atoms with Crippen molar-refractivity contribution in [3.63, 3.8) is 0 Å². The summed E-state index contributed by atoms with van der Waals surface area (Å²) < 4.78 is 20.2. The van der Waals surface area contributed by atoms with Crippen molar-refractivity contribution in [3.05, 3.63) is 39.2 Å². The van der Waals surface area contributed by atoms with Gasteiger partial charge in [0.2, 0.25) is 0 Å². The van der Waals surface area contributed by atoms with Crippen LogP contribution in [0.2, 0.25) is 36.3 Å². The first-order valence-electron chi connectivity index (χ1n) is 12.4. The summed E-state index contributed by atoms with van der Waals surface area (Å²) >= 11 is 0. The average molecular weight is 511 g/mol. The van der Waals surface area contributed by atoms with Crippen molar-refractivity contribution in [2.75, 3.05) is 6.61 Å². The second-order valence-corrected chi connectivity index (χ2v) is 21.4. The summed E-state index contributed by atoms with van der Waals surface area (Å²) in [6, 6.07) is 0. The summed E-state index contributed by atoms with van der Waals surface area (Å²) in [6.45, 7) is 26.8. The standard InChI is InChI=1S/C25H46N2O5Si2/c1-17(2)24(5,6)33(9,10)30-16-19-13-14-21(31-19)27-15-20(22(28)26-23(27)29)32-34(11,12)25(7,8)18(3)4/h13-15,17-19,21H,16H2,1-12H3,(H,26,28,29)/t19-,21+/m0/s1. The predicted molar refractivity (Wildman–Crippen MR) is 144 cm³/mol. The van der Waals surface area contributed by atoms with Crippen molar-refractivity contribution < 1.29 is 13.6 Å². The van der Waals surface area contributed by atoms with Crippen LogP contribution in [0.3, 0.4) is 0 Å². The number of rotatable bonds is 10. The summed E-state index contributed by atoms with van der Waals surface area (Å²) in [7, 11) is -4.32. The van der Waals surface area contributed by atoms with Crippen molar-refractivity contribution in [1.29, 1.82) is 0 Å². The smallest absolute Gasteiger partial charge is 0.330 e.